The van der Waals surface area contributed by atoms with E-state index in [1.165, 1.54) is 0 Å². The average molecular weight is 1010 g/mol. The summed E-state index contributed by atoms with van der Waals surface area (Å²) in [6, 6.07) is 48.9. The lowest BCUT2D eigenvalue weighted by Gasteiger charge is -2.33. The number of rotatable bonds is 13. The van der Waals surface area contributed by atoms with Gasteiger partial charge in [0.25, 0.3) is 0 Å². The third-order valence-corrected chi connectivity index (χ3v) is 19.9. The summed E-state index contributed by atoms with van der Waals surface area (Å²) in [4.78, 5) is 0. The van der Waals surface area contributed by atoms with E-state index in [1.807, 2.05) is 133 Å². The van der Waals surface area contributed by atoms with Crippen molar-refractivity contribution in [1.82, 2.24) is 0 Å². The van der Waals surface area contributed by atoms with Crippen LogP contribution in [0.5, 0.6) is 34.5 Å². The van der Waals surface area contributed by atoms with Crippen molar-refractivity contribution in [2.45, 2.75) is 137 Å². The first kappa shape index (κ1) is 53.1. The van der Waals surface area contributed by atoms with E-state index >= 15 is 0 Å². The van der Waals surface area contributed by atoms with Crippen LogP contribution in [0.1, 0.15) is 137 Å². The highest BCUT2D eigenvalue weighted by molar-refractivity contribution is 7.79. The number of hydrogen-bond acceptors (Lipinski definition) is 10. The maximum absolute atomic E-state index is 9.56. The Balaban J connectivity index is 1.59. The zero-order valence-electron chi connectivity index (χ0n) is 44.1. The van der Waals surface area contributed by atoms with Crippen LogP contribution in [0.4, 0.5) is 0 Å². The van der Waals surface area contributed by atoms with E-state index < -0.39 is 23.0 Å². The summed E-state index contributed by atoms with van der Waals surface area (Å²) in [7, 11) is -12.5. The van der Waals surface area contributed by atoms with Gasteiger partial charge in [0.2, 0.25) is 0 Å². The Morgan fingerprint density at radius 3 is 0.634 bits per heavy atom. The summed E-state index contributed by atoms with van der Waals surface area (Å²) in [5, 5.41) is 9.56. The van der Waals surface area contributed by atoms with Crippen LogP contribution in [0.3, 0.4) is 0 Å². The van der Waals surface area contributed by atoms with Crippen LogP contribution in [0, 0.1) is 11.3 Å². The molecule has 0 spiro atoms. The van der Waals surface area contributed by atoms with Gasteiger partial charge in [0, 0.05) is 0 Å². The molecular formula is C58H71N4O6P3. The molecule has 374 valence electrons. The Morgan fingerprint density at radius 1 is 0.310 bits per heavy atom. The van der Waals surface area contributed by atoms with E-state index in [0.717, 1.165) is 33.4 Å². The molecule has 0 aliphatic carbocycles. The lowest BCUT2D eigenvalue weighted by atomic mass is 9.87. The molecule has 10 nitrogen and oxygen atoms in total. The van der Waals surface area contributed by atoms with Gasteiger partial charge in [-0.25, -0.2) is 0 Å². The van der Waals surface area contributed by atoms with Crippen LogP contribution in [-0.2, 0) is 33.5 Å². The standard InChI is InChI=1S/C58H71N4O6P3/c1-54(2,3)43-18-30-49(31-19-43)64-69(63-48-28-16-42(17-29-48)40-41-59)60-70(65-50-32-20-44(21-33-50)55(4,5)6,66-51-34-22-45(23-35-51)56(7,8)9)62-71(61-69,67-52-36-24-46(25-37-52)57(10,11)12)68-53-38-26-47(27-39-53)58(13,14)15/h16-39H,40H2,1-15H3. The zero-order chi connectivity index (χ0) is 51.7. The van der Waals surface area contributed by atoms with Gasteiger partial charge < -0.3 is 27.1 Å². The SMILES string of the molecule is CC(C)(C)c1ccc(OP2(Oc3ccc(CC#N)cc3)=NP(Oc3ccc(C(C)(C)C)cc3)(Oc3ccc(C(C)(C)C)cc3)=NP(Oc3ccc(C(C)(C)C)cc3)(Oc3ccc(C(C)(C)C)cc3)=N2)cc1. The fourth-order valence-corrected chi connectivity index (χ4v) is 16.5. The molecule has 0 bridgehead atoms. The summed E-state index contributed by atoms with van der Waals surface area (Å²) in [6.07, 6.45) is 0.224. The van der Waals surface area contributed by atoms with Gasteiger partial charge in [-0.3, -0.25) is 0 Å². The molecule has 1 aliphatic rings. The maximum Gasteiger partial charge on any atom is 0.460 e. The van der Waals surface area contributed by atoms with Crippen LogP contribution in [0.25, 0.3) is 0 Å². The minimum Gasteiger partial charge on any atom is -0.413 e. The minimum atomic E-state index is -4.17. The first-order valence-corrected chi connectivity index (χ1v) is 28.7. The van der Waals surface area contributed by atoms with E-state index in [0.29, 0.717) is 34.5 Å². The van der Waals surface area contributed by atoms with Crippen molar-refractivity contribution in [1.29, 1.82) is 5.26 Å². The molecule has 1 atom stereocenters. The molecule has 0 amide bonds. The van der Waals surface area contributed by atoms with Crippen molar-refractivity contribution >= 4 is 23.0 Å². The van der Waals surface area contributed by atoms with Gasteiger partial charge >= 0.3 is 23.0 Å². The molecule has 1 unspecified atom stereocenters. The summed E-state index contributed by atoms with van der Waals surface area (Å²) >= 11 is 0. The van der Waals surface area contributed by atoms with Crippen molar-refractivity contribution < 1.29 is 27.1 Å². The number of benzene rings is 6. The first-order valence-electron chi connectivity index (χ1n) is 24.1. The van der Waals surface area contributed by atoms with Gasteiger partial charge in [-0.05, 0) is 133 Å². The number of hydrogen-bond donors (Lipinski definition) is 0. The molecule has 0 saturated heterocycles. The highest BCUT2D eigenvalue weighted by Crippen LogP contribution is 2.78. The molecule has 0 saturated carbocycles. The fourth-order valence-electron chi connectivity index (χ4n) is 7.42. The molecule has 6 aromatic rings. The predicted molar refractivity (Wildman–Crippen MR) is 293 cm³/mol. The second-order valence-corrected chi connectivity index (χ2v) is 29.3. The van der Waals surface area contributed by atoms with Gasteiger partial charge in [0.05, 0.1) is 12.5 Å². The third kappa shape index (κ3) is 13.6. The average Bonchev–Trinajstić information content (AvgIpc) is 3.26. The molecule has 0 aromatic heterocycles. The molecule has 6 aromatic carbocycles. The van der Waals surface area contributed by atoms with Crippen LogP contribution in [0.2, 0.25) is 0 Å². The van der Waals surface area contributed by atoms with Crippen LogP contribution >= 0.6 is 23.0 Å². The molecule has 13 heteroatoms. The van der Waals surface area contributed by atoms with Crippen molar-refractivity contribution in [3.8, 4) is 40.6 Å². The highest BCUT2D eigenvalue weighted by atomic mass is 31.3. The molecular weight excluding hydrogens is 942 g/mol. The van der Waals surface area contributed by atoms with Gasteiger partial charge in [-0.1, -0.05) is 190 Å². The number of nitrogens with zero attached hydrogens (tertiary/aromatic N) is 4. The van der Waals surface area contributed by atoms with E-state index in [9.17, 15) is 5.26 Å². The Hall–Kier alpha value is -5.70. The van der Waals surface area contributed by atoms with Crippen molar-refractivity contribution in [2.24, 2.45) is 13.5 Å². The largest absolute Gasteiger partial charge is 0.460 e. The van der Waals surface area contributed by atoms with Gasteiger partial charge in [-0.15, -0.1) is 0 Å². The van der Waals surface area contributed by atoms with Crippen molar-refractivity contribution in [3.63, 3.8) is 0 Å². The molecule has 0 fully saturated rings. The van der Waals surface area contributed by atoms with Crippen LogP contribution in [-0.4, -0.2) is 0 Å². The minimum absolute atomic E-state index is 0.129. The molecule has 7 rings (SSSR count). The van der Waals surface area contributed by atoms with Crippen LogP contribution < -0.4 is 27.1 Å². The van der Waals surface area contributed by atoms with Gasteiger partial charge in [0.1, 0.15) is 34.5 Å². The van der Waals surface area contributed by atoms with Gasteiger partial charge in [0.15, 0.2) is 0 Å². The Bertz CT molecular complexity index is 2770. The highest BCUT2D eigenvalue weighted by Gasteiger charge is 2.49. The van der Waals surface area contributed by atoms with Gasteiger partial charge in [-0.2, -0.15) is 5.26 Å². The zero-order valence-corrected chi connectivity index (χ0v) is 46.8. The summed E-state index contributed by atoms with van der Waals surface area (Å²) < 4.78 is 59.6. The molecule has 0 radical (unpaired) electrons. The lowest BCUT2D eigenvalue weighted by molar-refractivity contribution is 0.442. The maximum atomic E-state index is 9.56. The summed E-state index contributed by atoms with van der Waals surface area (Å²) in [6.45, 7) is 32.5. The van der Waals surface area contributed by atoms with Crippen molar-refractivity contribution in [3.05, 3.63) is 179 Å². The molecule has 1 heterocycles. The predicted octanol–water partition coefficient (Wildman–Crippen LogP) is 18.9. The third-order valence-electron chi connectivity index (χ3n) is 11.8. The second-order valence-electron chi connectivity index (χ2n) is 23.1. The lowest BCUT2D eigenvalue weighted by Crippen LogP contribution is -2.13. The van der Waals surface area contributed by atoms with E-state index in [2.05, 4.69) is 110 Å². The Morgan fingerprint density at radius 2 is 0.479 bits per heavy atom. The second kappa shape index (κ2) is 20.1. The molecule has 71 heavy (non-hydrogen) atoms. The van der Waals surface area contributed by atoms with Crippen LogP contribution in [0.15, 0.2) is 159 Å². The van der Waals surface area contributed by atoms with Crippen molar-refractivity contribution in [2.75, 3.05) is 0 Å². The van der Waals surface area contributed by atoms with E-state index in [1.54, 1.807) is 12.1 Å². The topological polar surface area (TPSA) is 116 Å². The van der Waals surface area contributed by atoms with E-state index in [4.69, 9.17) is 40.7 Å². The quantitative estimate of drug-likeness (QED) is 0.106. The molecule has 0 N–H and O–H groups in total. The smallest absolute Gasteiger partial charge is 0.413 e. The fraction of sp³-hybridized carbons (Fsp3) is 0.362. The monoisotopic (exact) mass is 1010 g/mol. The number of nitriles is 1. The summed E-state index contributed by atoms with van der Waals surface area (Å²) in [5.41, 5.74) is 5.72. The Kier molecular flexibility index (Phi) is 15.0. The van der Waals surface area contributed by atoms with E-state index in [-0.39, 0.29) is 33.5 Å². The Labute approximate surface area is 423 Å². The first-order chi connectivity index (χ1) is 33.0. The summed E-state index contributed by atoms with van der Waals surface area (Å²) in [5.74, 6) is 2.60. The normalized spacial score (nSPS) is 16.8. The molecule has 1 aliphatic heterocycles.